The van der Waals surface area contributed by atoms with E-state index < -0.39 is 0 Å². The van der Waals surface area contributed by atoms with Crippen molar-refractivity contribution in [3.63, 3.8) is 0 Å². The van der Waals surface area contributed by atoms with E-state index in [1.165, 1.54) is 4.88 Å². The standard InChI is InChI=1S/C28H32N6O3S/c1-15-16(2)38-28(29-15)19-10-11-20(22(13-19)36-4)31-21-14-23(33-27(35)18-8-9-18)32-26-25(21)30-17(3)34(26)24-7-5-6-12-37-24/h10-11,13-14,18,24H,5-9,12H2,1-4H3,(H2,31,32,33,35). The fourth-order valence-corrected chi connectivity index (χ4v) is 5.76. The Bertz CT molecular complexity index is 1500. The number of ether oxygens (including phenoxy) is 2. The first-order valence-electron chi connectivity index (χ1n) is 13.1. The first-order valence-corrected chi connectivity index (χ1v) is 13.9. The number of aromatic nitrogens is 4. The molecular formula is C28H32N6O3S. The molecule has 2 N–H and O–H groups in total. The number of carbonyl (C=O) groups excluding carboxylic acids is 1. The van der Waals surface area contributed by atoms with E-state index in [-0.39, 0.29) is 18.1 Å². The van der Waals surface area contributed by atoms with Crippen LogP contribution in [0.2, 0.25) is 0 Å². The molecule has 9 nitrogen and oxygen atoms in total. The van der Waals surface area contributed by atoms with Gasteiger partial charge >= 0.3 is 0 Å². The van der Waals surface area contributed by atoms with Crippen LogP contribution in [-0.2, 0) is 9.53 Å². The number of thiazole rings is 1. The Labute approximate surface area is 225 Å². The summed E-state index contributed by atoms with van der Waals surface area (Å²) < 4.78 is 13.9. The minimum atomic E-state index is -0.123. The van der Waals surface area contributed by atoms with E-state index in [1.54, 1.807) is 18.4 Å². The van der Waals surface area contributed by atoms with Crippen LogP contribution in [0.3, 0.4) is 0 Å². The lowest BCUT2D eigenvalue weighted by atomic mass is 10.1. The van der Waals surface area contributed by atoms with Crippen molar-refractivity contribution in [2.24, 2.45) is 5.92 Å². The summed E-state index contributed by atoms with van der Waals surface area (Å²) >= 11 is 1.67. The monoisotopic (exact) mass is 532 g/mol. The van der Waals surface area contributed by atoms with Gasteiger partial charge in [0.25, 0.3) is 0 Å². The second-order valence-electron chi connectivity index (χ2n) is 10.0. The summed E-state index contributed by atoms with van der Waals surface area (Å²) in [6, 6.07) is 7.87. The van der Waals surface area contributed by atoms with Gasteiger partial charge in [-0.2, -0.15) is 0 Å². The zero-order chi connectivity index (χ0) is 26.4. The SMILES string of the molecule is COc1cc(-c2nc(C)c(C)s2)ccc1Nc1cc(NC(=O)C2CC2)nc2c1nc(C)n2C1CCCCO1. The molecule has 0 radical (unpaired) electrons. The number of fused-ring (bicyclic) bond motifs is 1. The summed E-state index contributed by atoms with van der Waals surface area (Å²) in [5.41, 5.74) is 4.98. The highest BCUT2D eigenvalue weighted by molar-refractivity contribution is 7.15. The average molecular weight is 533 g/mol. The number of hydrogen-bond donors (Lipinski definition) is 2. The number of nitrogens with zero attached hydrogens (tertiary/aromatic N) is 4. The van der Waals surface area contributed by atoms with Crippen molar-refractivity contribution in [3.8, 4) is 16.3 Å². The number of hydrogen-bond acceptors (Lipinski definition) is 8. The van der Waals surface area contributed by atoms with Crippen molar-refractivity contribution in [1.29, 1.82) is 0 Å². The Morgan fingerprint density at radius 3 is 2.61 bits per heavy atom. The van der Waals surface area contributed by atoms with Crippen molar-refractivity contribution in [1.82, 2.24) is 19.5 Å². The fourth-order valence-electron chi connectivity index (χ4n) is 4.85. The topological polar surface area (TPSA) is 103 Å². The van der Waals surface area contributed by atoms with E-state index in [1.807, 2.05) is 38.1 Å². The van der Waals surface area contributed by atoms with Crippen molar-refractivity contribution in [3.05, 3.63) is 40.7 Å². The highest BCUT2D eigenvalue weighted by Crippen LogP contribution is 2.38. The molecule has 0 bridgehead atoms. The van der Waals surface area contributed by atoms with Crippen LogP contribution in [0.15, 0.2) is 24.3 Å². The van der Waals surface area contributed by atoms with E-state index in [9.17, 15) is 4.79 Å². The van der Waals surface area contributed by atoms with Gasteiger partial charge in [0.15, 0.2) is 5.65 Å². The number of pyridine rings is 1. The van der Waals surface area contributed by atoms with Crippen LogP contribution in [0.1, 0.15) is 54.7 Å². The van der Waals surface area contributed by atoms with E-state index in [4.69, 9.17) is 24.4 Å². The summed E-state index contributed by atoms with van der Waals surface area (Å²) in [4.78, 5) is 28.2. The van der Waals surface area contributed by atoms with E-state index in [0.29, 0.717) is 23.8 Å². The van der Waals surface area contributed by atoms with E-state index in [2.05, 4.69) is 22.1 Å². The van der Waals surface area contributed by atoms with Gasteiger partial charge in [0.1, 0.15) is 34.1 Å². The van der Waals surface area contributed by atoms with Crippen LogP contribution in [0, 0.1) is 26.7 Å². The average Bonchev–Trinajstić information content (AvgIpc) is 3.64. The van der Waals surface area contributed by atoms with E-state index >= 15 is 0 Å². The molecule has 1 saturated heterocycles. The van der Waals surface area contributed by atoms with E-state index in [0.717, 1.165) is 71.1 Å². The molecule has 4 heterocycles. The van der Waals surface area contributed by atoms with Gasteiger partial charge in [0, 0.05) is 29.0 Å². The normalized spacial score (nSPS) is 17.5. The number of benzene rings is 1. The molecule has 4 aromatic rings. The summed E-state index contributed by atoms with van der Waals surface area (Å²) in [5.74, 6) is 2.09. The highest BCUT2D eigenvalue weighted by atomic mass is 32.1. The zero-order valence-electron chi connectivity index (χ0n) is 22.1. The molecule has 198 valence electrons. The number of amides is 1. The third-order valence-electron chi connectivity index (χ3n) is 7.21. The van der Waals surface area contributed by atoms with Crippen LogP contribution >= 0.6 is 11.3 Å². The predicted octanol–water partition coefficient (Wildman–Crippen LogP) is 6.28. The summed E-state index contributed by atoms with van der Waals surface area (Å²) in [6.07, 6.45) is 4.78. The molecular weight excluding hydrogens is 500 g/mol. The second kappa shape index (κ2) is 9.99. The van der Waals surface area contributed by atoms with Gasteiger partial charge in [0.05, 0.1) is 24.2 Å². The first kappa shape index (κ1) is 24.8. The molecule has 2 aliphatic rings. The third-order valence-corrected chi connectivity index (χ3v) is 8.34. The van der Waals surface area contributed by atoms with Crippen molar-refractivity contribution >= 4 is 45.6 Å². The minimum Gasteiger partial charge on any atom is -0.495 e. The summed E-state index contributed by atoms with van der Waals surface area (Å²) in [7, 11) is 1.66. The molecule has 1 aliphatic heterocycles. The number of aryl methyl sites for hydroxylation is 3. The van der Waals surface area contributed by atoms with Crippen LogP contribution in [0.4, 0.5) is 17.2 Å². The summed E-state index contributed by atoms with van der Waals surface area (Å²) in [5, 5.41) is 7.49. The Kier molecular flexibility index (Phi) is 6.53. The Balaban J connectivity index is 1.41. The molecule has 6 rings (SSSR count). The number of nitrogens with one attached hydrogen (secondary N) is 2. The molecule has 3 aromatic heterocycles. The zero-order valence-corrected chi connectivity index (χ0v) is 22.9. The Morgan fingerprint density at radius 1 is 1.08 bits per heavy atom. The van der Waals surface area contributed by atoms with Crippen LogP contribution in [0.5, 0.6) is 5.75 Å². The molecule has 1 unspecified atom stereocenters. The van der Waals surface area contributed by atoms with Gasteiger partial charge in [-0.3, -0.25) is 9.36 Å². The van der Waals surface area contributed by atoms with Crippen LogP contribution < -0.4 is 15.4 Å². The third kappa shape index (κ3) is 4.74. The number of anilines is 3. The molecule has 1 aliphatic carbocycles. The molecule has 0 spiro atoms. The van der Waals surface area contributed by atoms with Crippen molar-refractivity contribution < 1.29 is 14.3 Å². The highest BCUT2D eigenvalue weighted by Gasteiger charge is 2.30. The Morgan fingerprint density at radius 2 is 1.92 bits per heavy atom. The van der Waals surface area contributed by atoms with Crippen LogP contribution in [0.25, 0.3) is 21.7 Å². The van der Waals surface area contributed by atoms with Gasteiger partial charge in [-0.15, -0.1) is 11.3 Å². The lowest BCUT2D eigenvalue weighted by Crippen LogP contribution is -2.20. The van der Waals surface area contributed by atoms with Crippen molar-refractivity contribution in [2.45, 2.75) is 59.1 Å². The predicted molar refractivity (Wildman–Crippen MR) is 149 cm³/mol. The lowest BCUT2D eigenvalue weighted by Gasteiger charge is -2.25. The quantitative estimate of drug-likeness (QED) is 0.289. The van der Waals surface area contributed by atoms with Gasteiger partial charge < -0.3 is 20.1 Å². The fraction of sp³-hybridized carbons (Fsp3) is 0.429. The largest absolute Gasteiger partial charge is 0.495 e. The number of rotatable bonds is 7. The van der Waals surface area contributed by atoms with Gasteiger partial charge in [-0.05, 0) is 71.1 Å². The molecule has 38 heavy (non-hydrogen) atoms. The molecule has 1 atom stereocenters. The molecule has 1 amide bonds. The first-order chi connectivity index (χ1) is 18.4. The second-order valence-corrected chi connectivity index (χ2v) is 11.2. The summed E-state index contributed by atoms with van der Waals surface area (Å²) in [6.45, 7) is 6.79. The molecule has 1 saturated carbocycles. The Hall–Kier alpha value is -3.50. The molecule has 1 aromatic carbocycles. The molecule has 2 fully saturated rings. The minimum absolute atomic E-state index is 0.00970. The maximum Gasteiger partial charge on any atom is 0.228 e. The maximum absolute atomic E-state index is 12.6. The van der Waals surface area contributed by atoms with Gasteiger partial charge in [-0.1, -0.05) is 0 Å². The number of carbonyl (C=O) groups is 1. The van der Waals surface area contributed by atoms with Crippen molar-refractivity contribution in [2.75, 3.05) is 24.4 Å². The molecule has 10 heteroatoms. The lowest BCUT2D eigenvalue weighted by molar-refractivity contribution is -0.117. The van der Waals surface area contributed by atoms with Crippen LogP contribution in [-0.4, -0.2) is 39.1 Å². The van der Waals surface area contributed by atoms with Gasteiger partial charge in [-0.25, -0.2) is 15.0 Å². The smallest absolute Gasteiger partial charge is 0.228 e. The number of imidazole rings is 1. The van der Waals surface area contributed by atoms with Gasteiger partial charge in [0.2, 0.25) is 5.91 Å². The maximum atomic E-state index is 12.6. The number of methoxy groups -OCH3 is 1.